The number of hydrogen-bond acceptors (Lipinski definition) is 5. The quantitative estimate of drug-likeness (QED) is 0.583. The molecule has 0 bridgehead atoms. The van der Waals surface area contributed by atoms with E-state index in [0.717, 1.165) is 0 Å². The Hall–Kier alpha value is -3.36. The van der Waals surface area contributed by atoms with Gasteiger partial charge in [-0.2, -0.15) is 5.10 Å². The lowest BCUT2D eigenvalue weighted by molar-refractivity contribution is 0.251. The van der Waals surface area contributed by atoms with Crippen molar-refractivity contribution in [1.82, 2.24) is 20.5 Å². The first-order chi connectivity index (χ1) is 11.6. The number of nitrogens with two attached hydrogens (primary N) is 1. The molecule has 0 aliphatic carbocycles. The maximum absolute atomic E-state index is 13.8. The van der Waals surface area contributed by atoms with Gasteiger partial charge in [0.05, 0.1) is 24.6 Å². The highest BCUT2D eigenvalue weighted by molar-refractivity contribution is 5.93. The molecule has 2 amide bonds. The number of fused-ring (bicyclic) bond motifs is 1. The largest absolute Gasteiger partial charge is 0.496 e. The molecule has 3 rings (SSSR count). The highest BCUT2D eigenvalue weighted by atomic mass is 19.1. The van der Waals surface area contributed by atoms with Crippen molar-refractivity contribution in [2.24, 2.45) is 0 Å². The van der Waals surface area contributed by atoms with Crippen LogP contribution in [0.1, 0.15) is 5.56 Å². The zero-order valence-electron chi connectivity index (χ0n) is 12.8. The van der Waals surface area contributed by atoms with Gasteiger partial charge in [-0.05, 0) is 12.1 Å². The second-order valence-corrected chi connectivity index (χ2v) is 4.95. The Morgan fingerprint density at radius 3 is 3.08 bits per heavy atom. The third kappa shape index (κ3) is 3.05. The number of halogens is 1. The number of benzene rings is 1. The van der Waals surface area contributed by atoms with Gasteiger partial charge in [-0.3, -0.25) is 10.4 Å². The molecule has 0 saturated carbocycles. The summed E-state index contributed by atoms with van der Waals surface area (Å²) in [6, 6.07) is 5.53. The molecule has 5 N–H and O–H groups in total. The number of carbonyl (C=O) groups excluding carboxylic acids is 1. The number of nitrogens with zero attached hydrogens (tertiary/aromatic N) is 2. The number of nitrogen functional groups attached to an aromatic ring is 1. The van der Waals surface area contributed by atoms with Crippen LogP contribution in [0.5, 0.6) is 5.75 Å². The summed E-state index contributed by atoms with van der Waals surface area (Å²) in [6.07, 6.45) is 1.50. The molecular weight excluding hydrogens is 315 g/mol. The number of H-pyrrole nitrogens is 1. The molecule has 0 aliphatic heterocycles. The molecule has 0 saturated heterocycles. The van der Waals surface area contributed by atoms with E-state index >= 15 is 0 Å². The number of methoxy groups -OCH3 is 1. The number of ether oxygens (including phenoxy) is 1. The highest BCUT2D eigenvalue weighted by Crippen LogP contribution is 2.21. The number of nitrogens with one attached hydrogen (secondary N) is 3. The summed E-state index contributed by atoms with van der Waals surface area (Å²) in [4.78, 5) is 16.0. The minimum Gasteiger partial charge on any atom is -0.496 e. The average molecular weight is 330 g/mol. The Balaban J connectivity index is 1.67. The summed E-state index contributed by atoms with van der Waals surface area (Å²) >= 11 is 0. The van der Waals surface area contributed by atoms with Gasteiger partial charge >= 0.3 is 6.03 Å². The van der Waals surface area contributed by atoms with E-state index in [4.69, 9.17) is 10.5 Å². The van der Waals surface area contributed by atoms with Crippen molar-refractivity contribution >= 4 is 28.6 Å². The summed E-state index contributed by atoms with van der Waals surface area (Å²) in [7, 11) is 1.44. The second kappa shape index (κ2) is 6.41. The van der Waals surface area contributed by atoms with E-state index in [2.05, 4.69) is 25.8 Å². The Morgan fingerprint density at radius 1 is 1.46 bits per heavy atom. The van der Waals surface area contributed by atoms with Crippen LogP contribution in [0.3, 0.4) is 0 Å². The summed E-state index contributed by atoms with van der Waals surface area (Å²) in [5, 5.41) is 12.4. The standard InChI is InChI=1S/C15H15FN6O2/c1-24-12-4-2-3-10(16)8(12)6-19-15(23)20-13-5-11-9(7-18-13)14(17)22-21-11/h2-5,7H,6H2,1H3,(H3,17,21,22)(H2,18,19,20,23). The summed E-state index contributed by atoms with van der Waals surface area (Å²) in [5.74, 6) is 0.550. The Labute approximate surface area is 136 Å². The van der Waals surface area contributed by atoms with Crippen LogP contribution in [0, 0.1) is 5.82 Å². The van der Waals surface area contributed by atoms with Gasteiger partial charge in [0.25, 0.3) is 0 Å². The van der Waals surface area contributed by atoms with Crippen LogP contribution in [0.15, 0.2) is 30.5 Å². The zero-order chi connectivity index (χ0) is 17.1. The van der Waals surface area contributed by atoms with Crippen molar-refractivity contribution in [2.75, 3.05) is 18.2 Å². The third-order valence-corrected chi connectivity index (χ3v) is 3.44. The number of aromatic amines is 1. The maximum Gasteiger partial charge on any atom is 0.320 e. The monoisotopic (exact) mass is 330 g/mol. The molecule has 0 fully saturated rings. The van der Waals surface area contributed by atoms with Gasteiger partial charge in [0, 0.05) is 17.8 Å². The van der Waals surface area contributed by atoms with Crippen molar-refractivity contribution in [3.63, 3.8) is 0 Å². The molecule has 9 heteroatoms. The lowest BCUT2D eigenvalue weighted by Crippen LogP contribution is -2.29. The van der Waals surface area contributed by atoms with Crippen LogP contribution < -0.4 is 21.1 Å². The second-order valence-electron chi connectivity index (χ2n) is 4.95. The summed E-state index contributed by atoms with van der Waals surface area (Å²) in [6.45, 7) is -0.0269. The first-order valence-electron chi connectivity index (χ1n) is 7.04. The number of aromatic nitrogens is 3. The lowest BCUT2D eigenvalue weighted by atomic mass is 10.2. The van der Waals surface area contributed by atoms with Crippen LogP contribution in [0.4, 0.5) is 20.8 Å². The summed E-state index contributed by atoms with van der Waals surface area (Å²) < 4.78 is 18.9. The van der Waals surface area contributed by atoms with Gasteiger partial charge in [0.15, 0.2) is 5.82 Å². The van der Waals surface area contributed by atoms with Crippen molar-refractivity contribution in [3.8, 4) is 5.75 Å². The van der Waals surface area contributed by atoms with Crippen LogP contribution >= 0.6 is 0 Å². The normalized spacial score (nSPS) is 10.6. The van der Waals surface area contributed by atoms with E-state index < -0.39 is 11.8 Å². The van der Waals surface area contributed by atoms with E-state index in [9.17, 15) is 9.18 Å². The van der Waals surface area contributed by atoms with Gasteiger partial charge in [-0.25, -0.2) is 14.2 Å². The van der Waals surface area contributed by atoms with Crippen LogP contribution in [-0.2, 0) is 6.54 Å². The van der Waals surface area contributed by atoms with E-state index in [1.165, 1.54) is 25.4 Å². The van der Waals surface area contributed by atoms with E-state index in [-0.39, 0.29) is 12.1 Å². The van der Waals surface area contributed by atoms with Crippen molar-refractivity contribution < 1.29 is 13.9 Å². The van der Waals surface area contributed by atoms with E-state index in [1.54, 1.807) is 12.1 Å². The molecule has 0 atom stereocenters. The van der Waals surface area contributed by atoms with Crippen LogP contribution in [0.2, 0.25) is 0 Å². The average Bonchev–Trinajstić information content (AvgIpc) is 2.94. The first kappa shape index (κ1) is 15.5. The summed E-state index contributed by atoms with van der Waals surface area (Å²) in [5.41, 5.74) is 6.56. The van der Waals surface area contributed by atoms with Crippen molar-refractivity contribution in [1.29, 1.82) is 0 Å². The molecule has 8 nitrogen and oxygen atoms in total. The molecule has 124 valence electrons. The fraction of sp³-hybridized carbons (Fsp3) is 0.133. The number of hydrogen-bond donors (Lipinski definition) is 4. The Bertz CT molecular complexity index is 895. The molecule has 2 heterocycles. The van der Waals surface area contributed by atoms with Crippen LogP contribution in [0.25, 0.3) is 10.9 Å². The minimum atomic E-state index is -0.528. The van der Waals surface area contributed by atoms with E-state index in [1.807, 2.05) is 0 Å². The lowest BCUT2D eigenvalue weighted by Gasteiger charge is -2.11. The van der Waals surface area contributed by atoms with Gasteiger partial charge in [-0.1, -0.05) is 6.07 Å². The molecule has 0 radical (unpaired) electrons. The molecular formula is C15H15FN6O2. The number of pyridine rings is 1. The first-order valence-corrected chi connectivity index (χ1v) is 7.04. The van der Waals surface area contributed by atoms with E-state index in [0.29, 0.717) is 28.3 Å². The van der Waals surface area contributed by atoms with Gasteiger partial charge in [0.2, 0.25) is 0 Å². The molecule has 0 spiro atoms. The molecule has 24 heavy (non-hydrogen) atoms. The smallest absolute Gasteiger partial charge is 0.320 e. The predicted octanol–water partition coefficient (Wildman–Crippen LogP) is 2.01. The number of carbonyl (C=O) groups is 1. The number of urea groups is 1. The topological polar surface area (TPSA) is 118 Å². The third-order valence-electron chi connectivity index (χ3n) is 3.44. The zero-order valence-corrected chi connectivity index (χ0v) is 12.8. The Kier molecular flexibility index (Phi) is 4.15. The molecule has 2 aromatic heterocycles. The number of rotatable bonds is 4. The van der Waals surface area contributed by atoms with Crippen molar-refractivity contribution in [2.45, 2.75) is 6.54 Å². The molecule has 0 aliphatic rings. The number of anilines is 2. The number of amides is 2. The Morgan fingerprint density at radius 2 is 2.29 bits per heavy atom. The fourth-order valence-electron chi connectivity index (χ4n) is 2.23. The fourth-order valence-corrected chi connectivity index (χ4v) is 2.23. The van der Waals surface area contributed by atoms with Gasteiger partial charge in [0.1, 0.15) is 17.4 Å². The molecule has 1 aromatic carbocycles. The minimum absolute atomic E-state index is 0.0269. The van der Waals surface area contributed by atoms with Crippen LogP contribution in [-0.4, -0.2) is 28.3 Å². The highest BCUT2D eigenvalue weighted by Gasteiger charge is 2.11. The van der Waals surface area contributed by atoms with Gasteiger partial charge in [-0.15, -0.1) is 0 Å². The maximum atomic E-state index is 13.8. The van der Waals surface area contributed by atoms with Crippen molar-refractivity contribution in [3.05, 3.63) is 41.8 Å². The van der Waals surface area contributed by atoms with Gasteiger partial charge < -0.3 is 15.8 Å². The predicted molar refractivity (Wildman–Crippen MR) is 87.1 cm³/mol. The molecule has 3 aromatic rings. The molecule has 0 unspecified atom stereocenters. The SMILES string of the molecule is COc1cccc(F)c1CNC(=O)Nc1cc2[nH]nc(N)c2cn1.